The highest BCUT2D eigenvalue weighted by Crippen LogP contribution is 2.32. The Bertz CT molecular complexity index is 603. The van der Waals surface area contributed by atoms with Crippen LogP contribution in [0, 0.1) is 12.8 Å². The largest absolute Gasteiger partial charge is 0.393 e. The fourth-order valence-electron chi connectivity index (χ4n) is 2.44. The number of rotatable bonds is 2. The first kappa shape index (κ1) is 13.8. The lowest BCUT2D eigenvalue weighted by Crippen LogP contribution is -2.34. The van der Waals surface area contributed by atoms with E-state index in [1.54, 1.807) is 23.2 Å². The number of carbonyl (C=O) groups excluding carboxylic acids is 1. The number of aliphatic hydroxyl groups excluding tert-OH is 1. The number of thiazole rings is 1. The van der Waals surface area contributed by atoms with Crippen LogP contribution in [0.15, 0.2) is 6.07 Å². The summed E-state index contributed by atoms with van der Waals surface area (Å²) in [5.41, 5.74) is 0. The molecule has 0 bridgehead atoms. The van der Waals surface area contributed by atoms with Crippen LogP contribution in [-0.4, -0.2) is 40.2 Å². The average Bonchev–Trinajstić information content (AvgIpc) is 3.02. The summed E-state index contributed by atoms with van der Waals surface area (Å²) in [7, 11) is 0. The molecule has 0 radical (unpaired) electrons. The van der Waals surface area contributed by atoms with Crippen molar-refractivity contribution in [3.63, 3.8) is 0 Å². The SMILES string of the molecule is Cc1cc2sc(NC(=O)N3CC[C@@H]([C@H](C)O)C3)nc2s1. The maximum absolute atomic E-state index is 12.2. The molecule has 1 saturated heterocycles. The maximum Gasteiger partial charge on any atom is 0.323 e. The highest BCUT2D eigenvalue weighted by Gasteiger charge is 2.29. The third-order valence-electron chi connectivity index (χ3n) is 3.62. The summed E-state index contributed by atoms with van der Waals surface area (Å²) < 4.78 is 1.12. The summed E-state index contributed by atoms with van der Waals surface area (Å²) in [6.07, 6.45) is 0.498. The van der Waals surface area contributed by atoms with Crippen LogP contribution in [0.2, 0.25) is 0 Å². The van der Waals surface area contributed by atoms with Crippen molar-refractivity contribution in [1.82, 2.24) is 9.88 Å². The van der Waals surface area contributed by atoms with E-state index < -0.39 is 0 Å². The molecule has 7 heteroatoms. The molecule has 0 saturated carbocycles. The van der Waals surface area contributed by atoms with E-state index in [4.69, 9.17) is 0 Å². The third kappa shape index (κ3) is 2.65. The molecule has 2 atom stereocenters. The quantitative estimate of drug-likeness (QED) is 0.896. The number of fused-ring (bicyclic) bond motifs is 1. The zero-order valence-corrected chi connectivity index (χ0v) is 13.1. The number of anilines is 1. The standard InChI is InChI=1S/C13H17N3O2S2/c1-7-5-10-11(19-7)14-12(20-10)15-13(18)16-4-3-9(6-16)8(2)17/h5,8-9,17H,3-4,6H2,1-2H3,(H,14,15,18)/t8-,9+/m0/s1. The monoisotopic (exact) mass is 311 g/mol. The zero-order valence-electron chi connectivity index (χ0n) is 11.4. The number of aromatic nitrogens is 1. The van der Waals surface area contributed by atoms with Crippen LogP contribution in [0.25, 0.3) is 9.53 Å². The van der Waals surface area contributed by atoms with Crippen molar-refractivity contribution in [2.24, 2.45) is 5.92 Å². The molecule has 1 fully saturated rings. The van der Waals surface area contributed by atoms with Crippen LogP contribution in [0.4, 0.5) is 9.93 Å². The normalized spacial score (nSPS) is 20.6. The van der Waals surface area contributed by atoms with Gasteiger partial charge in [-0.2, -0.15) is 0 Å². The van der Waals surface area contributed by atoms with E-state index in [0.29, 0.717) is 18.2 Å². The smallest absolute Gasteiger partial charge is 0.323 e. The van der Waals surface area contributed by atoms with Crippen LogP contribution in [0.1, 0.15) is 18.2 Å². The maximum atomic E-state index is 12.2. The fourth-order valence-corrected chi connectivity index (χ4v) is 4.45. The summed E-state index contributed by atoms with van der Waals surface area (Å²) in [4.78, 5) is 20.5. The van der Waals surface area contributed by atoms with Crippen molar-refractivity contribution in [2.45, 2.75) is 26.4 Å². The number of aliphatic hydroxyl groups is 1. The molecular weight excluding hydrogens is 294 g/mol. The van der Waals surface area contributed by atoms with E-state index in [0.717, 1.165) is 16.0 Å². The van der Waals surface area contributed by atoms with Gasteiger partial charge in [-0.3, -0.25) is 5.32 Å². The van der Waals surface area contributed by atoms with Gasteiger partial charge in [-0.1, -0.05) is 11.3 Å². The minimum atomic E-state index is -0.360. The molecule has 2 aromatic heterocycles. The van der Waals surface area contributed by atoms with Crippen molar-refractivity contribution in [1.29, 1.82) is 0 Å². The second-order valence-corrected chi connectivity index (χ2v) is 7.48. The number of nitrogens with one attached hydrogen (secondary N) is 1. The van der Waals surface area contributed by atoms with E-state index in [9.17, 15) is 9.90 Å². The van der Waals surface area contributed by atoms with Gasteiger partial charge in [-0.25, -0.2) is 9.78 Å². The van der Waals surface area contributed by atoms with Gasteiger partial charge < -0.3 is 10.0 Å². The number of urea groups is 1. The number of nitrogens with zero attached hydrogens (tertiary/aromatic N) is 2. The Balaban J connectivity index is 1.65. The second kappa shape index (κ2) is 5.31. The van der Waals surface area contributed by atoms with Gasteiger partial charge in [0.25, 0.3) is 0 Å². The Labute approximate surface area is 125 Å². The van der Waals surface area contributed by atoms with E-state index in [-0.39, 0.29) is 18.1 Å². The summed E-state index contributed by atoms with van der Waals surface area (Å²) in [6.45, 7) is 5.14. The number of likely N-dealkylation sites (tertiary alicyclic amines) is 1. The van der Waals surface area contributed by atoms with E-state index >= 15 is 0 Å². The van der Waals surface area contributed by atoms with Crippen molar-refractivity contribution in [3.8, 4) is 0 Å². The second-order valence-electron chi connectivity index (χ2n) is 5.21. The molecule has 1 aliphatic heterocycles. The minimum absolute atomic E-state index is 0.119. The Hall–Kier alpha value is -1.18. The molecule has 0 aromatic carbocycles. The van der Waals surface area contributed by atoms with Crippen LogP contribution >= 0.6 is 22.7 Å². The molecule has 2 amide bonds. The molecule has 0 spiro atoms. The van der Waals surface area contributed by atoms with Gasteiger partial charge in [0.15, 0.2) is 5.13 Å². The molecule has 1 aliphatic rings. The summed E-state index contributed by atoms with van der Waals surface area (Å²) >= 11 is 3.14. The predicted octanol–water partition coefficient (Wildman–Crippen LogP) is 2.90. The third-order valence-corrected chi connectivity index (χ3v) is 5.61. The first-order valence-electron chi connectivity index (χ1n) is 6.64. The first-order valence-corrected chi connectivity index (χ1v) is 8.27. The van der Waals surface area contributed by atoms with Crippen molar-refractivity contribution in [2.75, 3.05) is 18.4 Å². The van der Waals surface area contributed by atoms with Gasteiger partial charge >= 0.3 is 6.03 Å². The number of amides is 2. The van der Waals surface area contributed by atoms with E-state index in [2.05, 4.69) is 23.3 Å². The topological polar surface area (TPSA) is 65.5 Å². The Morgan fingerprint density at radius 3 is 3.05 bits per heavy atom. The van der Waals surface area contributed by atoms with Gasteiger partial charge in [0.1, 0.15) is 4.83 Å². The lowest BCUT2D eigenvalue weighted by atomic mass is 10.0. The molecule has 2 aromatic rings. The van der Waals surface area contributed by atoms with Gasteiger partial charge in [0, 0.05) is 23.9 Å². The Morgan fingerprint density at radius 2 is 2.40 bits per heavy atom. The molecule has 3 heterocycles. The van der Waals surface area contributed by atoms with Crippen molar-refractivity contribution < 1.29 is 9.90 Å². The average molecular weight is 311 g/mol. The number of aryl methyl sites for hydroxylation is 1. The lowest BCUT2D eigenvalue weighted by molar-refractivity contribution is 0.130. The van der Waals surface area contributed by atoms with Crippen LogP contribution < -0.4 is 5.32 Å². The molecule has 0 aliphatic carbocycles. The van der Waals surface area contributed by atoms with Gasteiger partial charge in [0.2, 0.25) is 0 Å². The summed E-state index contributed by atoms with van der Waals surface area (Å²) in [5.74, 6) is 0.184. The van der Waals surface area contributed by atoms with Crippen molar-refractivity contribution >= 4 is 43.4 Å². The highest BCUT2D eigenvalue weighted by molar-refractivity contribution is 7.29. The fraction of sp³-hybridized carbons (Fsp3) is 0.538. The van der Waals surface area contributed by atoms with Gasteiger partial charge in [-0.05, 0) is 26.3 Å². The van der Waals surface area contributed by atoms with Crippen molar-refractivity contribution in [3.05, 3.63) is 10.9 Å². The molecular formula is C13H17N3O2S2. The number of thiophene rings is 1. The number of hydrogen-bond acceptors (Lipinski definition) is 5. The molecule has 3 rings (SSSR count). The molecule has 108 valence electrons. The highest BCUT2D eigenvalue weighted by atomic mass is 32.1. The predicted molar refractivity (Wildman–Crippen MR) is 82.6 cm³/mol. The zero-order chi connectivity index (χ0) is 14.3. The minimum Gasteiger partial charge on any atom is -0.393 e. The van der Waals surface area contributed by atoms with Crippen LogP contribution in [0.3, 0.4) is 0 Å². The van der Waals surface area contributed by atoms with Crippen LogP contribution in [-0.2, 0) is 0 Å². The lowest BCUT2D eigenvalue weighted by Gasteiger charge is -2.17. The first-order chi connectivity index (χ1) is 9.52. The summed E-state index contributed by atoms with van der Waals surface area (Å²) in [5, 5.41) is 13.1. The Kier molecular flexibility index (Phi) is 3.66. The molecule has 2 N–H and O–H groups in total. The molecule has 0 unspecified atom stereocenters. The number of hydrogen-bond donors (Lipinski definition) is 2. The van der Waals surface area contributed by atoms with E-state index in [1.165, 1.54) is 16.2 Å². The van der Waals surface area contributed by atoms with Gasteiger partial charge in [-0.15, -0.1) is 11.3 Å². The number of carbonyl (C=O) groups is 1. The Morgan fingerprint density at radius 1 is 1.60 bits per heavy atom. The van der Waals surface area contributed by atoms with Crippen LogP contribution in [0.5, 0.6) is 0 Å². The molecule has 20 heavy (non-hydrogen) atoms. The molecule has 5 nitrogen and oxygen atoms in total. The van der Waals surface area contributed by atoms with Gasteiger partial charge in [0.05, 0.1) is 10.8 Å². The van der Waals surface area contributed by atoms with E-state index in [1.807, 2.05) is 0 Å². The summed E-state index contributed by atoms with van der Waals surface area (Å²) in [6, 6.07) is 1.97.